The number of esters is 1. The number of para-hydroxylation sites is 1. The molecule has 0 bridgehead atoms. The lowest BCUT2D eigenvalue weighted by molar-refractivity contribution is 0.0475. The minimum atomic E-state index is -0.711. The second-order valence-electron chi connectivity index (χ2n) is 7.08. The van der Waals surface area contributed by atoms with Crippen molar-refractivity contribution in [1.29, 1.82) is 0 Å². The van der Waals surface area contributed by atoms with Crippen LogP contribution in [0.4, 0.5) is 5.69 Å². The van der Waals surface area contributed by atoms with Gasteiger partial charge in [-0.15, -0.1) is 0 Å². The van der Waals surface area contributed by atoms with Crippen LogP contribution in [-0.4, -0.2) is 37.5 Å². The summed E-state index contributed by atoms with van der Waals surface area (Å²) in [5, 5.41) is 2.71. The van der Waals surface area contributed by atoms with E-state index < -0.39 is 12.6 Å². The van der Waals surface area contributed by atoms with Crippen LogP contribution >= 0.6 is 0 Å². The maximum absolute atomic E-state index is 12.6. The number of ketones is 1. The quantitative estimate of drug-likeness (QED) is 0.466. The highest BCUT2D eigenvalue weighted by atomic mass is 16.5. The van der Waals surface area contributed by atoms with E-state index >= 15 is 0 Å². The molecule has 0 atom stereocenters. The molecule has 1 N–H and O–H groups in total. The molecule has 1 aliphatic heterocycles. The molecule has 1 heterocycles. The Kier molecular flexibility index (Phi) is 6.46. The molecular weight excluding hydrogens is 410 g/mol. The Balaban J connectivity index is 1.42. The van der Waals surface area contributed by atoms with Gasteiger partial charge in [-0.25, -0.2) is 4.79 Å². The standard InChI is InChI=1S/C25H21NO6/c27-21(18-11-12-22-23(15-18)31-14-6-13-30-22)16-32-25(29)19-9-4-5-10-20(19)26-24(28)17-7-2-1-3-8-17/h1-5,7-12,15H,6,13-14,16H2,(H,26,28). The van der Waals surface area contributed by atoms with Crippen molar-refractivity contribution in [3.63, 3.8) is 0 Å². The zero-order valence-corrected chi connectivity index (χ0v) is 17.2. The molecule has 162 valence electrons. The van der Waals surface area contributed by atoms with E-state index in [-0.39, 0.29) is 17.3 Å². The van der Waals surface area contributed by atoms with Crippen molar-refractivity contribution in [1.82, 2.24) is 0 Å². The van der Waals surface area contributed by atoms with Crippen molar-refractivity contribution in [2.24, 2.45) is 0 Å². The molecule has 0 fully saturated rings. The van der Waals surface area contributed by atoms with Gasteiger partial charge in [0.2, 0.25) is 0 Å². The number of nitrogens with one attached hydrogen (secondary N) is 1. The van der Waals surface area contributed by atoms with Crippen LogP contribution in [-0.2, 0) is 4.74 Å². The molecule has 3 aromatic rings. The lowest BCUT2D eigenvalue weighted by Crippen LogP contribution is -2.18. The Hall–Kier alpha value is -4.13. The van der Waals surface area contributed by atoms with Gasteiger partial charge in [-0.2, -0.15) is 0 Å². The van der Waals surface area contributed by atoms with Gasteiger partial charge in [0.05, 0.1) is 24.5 Å². The molecule has 0 radical (unpaired) electrons. The van der Waals surface area contributed by atoms with Crippen molar-refractivity contribution >= 4 is 23.3 Å². The summed E-state index contributed by atoms with van der Waals surface area (Å²) in [6.45, 7) is 0.614. The molecule has 1 aliphatic rings. The molecular formula is C25H21NO6. The highest BCUT2D eigenvalue weighted by Crippen LogP contribution is 2.30. The number of ether oxygens (including phenoxy) is 3. The van der Waals surface area contributed by atoms with Crippen LogP contribution in [0, 0.1) is 0 Å². The molecule has 0 unspecified atom stereocenters. The fourth-order valence-electron chi connectivity index (χ4n) is 3.18. The van der Waals surface area contributed by atoms with Crippen LogP contribution in [0.3, 0.4) is 0 Å². The third kappa shape index (κ3) is 4.95. The van der Waals surface area contributed by atoms with Crippen LogP contribution < -0.4 is 14.8 Å². The molecule has 1 amide bonds. The summed E-state index contributed by atoms with van der Waals surface area (Å²) in [4.78, 5) is 37.6. The third-order valence-corrected chi connectivity index (χ3v) is 4.84. The van der Waals surface area contributed by atoms with E-state index in [1.165, 1.54) is 6.07 Å². The summed E-state index contributed by atoms with van der Waals surface area (Å²) in [5.41, 5.74) is 1.27. The van der Waals surface area contributed by atoms with Gasteiger partial charge in [0.25, 0.3) is 5.91 Å². The van der Waals surface area contributed by atoms with Crippen LogP contribution in [0.5, 0.6) is 11.5 Å². The number of amides is 1. The third-order valence-electron chi connectivity index (χ3n) is 4.84. The minimum Gasteiger partial charge on any atom is -0.490 e. The predicted molar refractivity (Wildman–Crippen MR) is 117 cm³/mol. The number of carbonyl (C=O) groups excluding carboxylic acids is 3. The van der Waals surface area contributed by atoms with Crippen molar-refractivity contribution in [3.05, 3.63) is 89.5 Å². The van der Waals surface area contributed by atoms with E-state index in [0.717, 1.165) is 6.42 Å². The molecule has 7 nitrogen and oxygen atoms in total. The monoisotopic (exact) mass is 431 g/mol. The average molecular weight is 431 g/mol. The van der Waals surface area contributed by atoms with Gasteiger partial charge in [0, 0.05) is 17.5 Å². The van der Waals surface area contributed by atoms with Gasteiger partial charge in [-0.05, 0) is 42.5 Å². The first-order valence-corrected chi connectivity index (χ1v) is 10.2. The molecule has 0 spiro atoms. The van der Waals surface area contributed by atoms with E-state index in [2.05, 4.69) is 5.32 Å². The van der Waals surface area contributed by atoms with Gasteiger partial charge >= 0.3 is 5.97 Å². The van der Waals surface area contributed by atoms with Crippen LogP contribution in [0.1, 0.15) is 37.5 Å². The number of Topliss-reactive ketones (excluding diaryl/α,β-unsaturated/α-hetero) is 1. The number of hydrogen-bond donors (Lipinski definition) is 1. The van der Waals surface area contributed by atoms with Crippen LogP contribution in [0.2, 0.25) is 0 Å². The molecule has 3 aromatic carbocycles. The maximum Gasteiger partial charge on any atom is 0.340 e. The molecule has 0 saturated carbocycles. The fourth-order valence-corrected chi connectivity index (χ4v) is 3.18. The Morgan fingerprint density at radius 3 is 2.34 bits per heavy atom. The topological polar surface area (TPSA) is 90.9 Å². The summed E-state index contributed by atoms with van der Waals surface area (Å²) in [6, 6.07) is 20.0. The van der Waals surface area contributed by atoms with Crippen molar-refractivity contribution in [2.45, 2.75) is 6.42 Å². The van der Waals surface area contributed by atoms with Crippen molar-refractivity contribution in [3.8, 4) is 11.5 Å². The minimum absolute atomic E-state index is 0.156. The van der Waals surface area contributed by atoms with Crippen molar-refractivity contribution in [2.75, 3.05) is 25.1 Å². The largest absolute Gasteiger partial charge is 0.490 e. The van der Waals surface area contributed by atoms with Gasteiger partial charge in [0.15, 0.2) is 23.9 Å². The first kappa shape index (κ1) is 21.1. The lowest BCUT2D eigenvalue weighted by Gasteiger charge is -2.11. The normalized spacial score (nSPS) is 12.4. The fraction of sp³-hybridized carbons (Fsp3) is 0.160. The Bertz CT molecular complexity index is 1140. The lowest BCUT2D eigenvalue weighted by atomic mass is 10.1. The van der Waals surface area contributed by atoms with Gasteiger partial charge in [-0.1, -0.05) is 30.3 Å². The van der Waals surface area contributed by atoms with Gasteiger partial charge in [0.1, 0.15) is 0 Å². The summed E-state index contributed by atoms with van der Waals surface area (Å²) in [6.07, 6.45) is 0.760. The summed E-state index contributed by atoms with van der Waals surface area (Å²) in [5.74, 6) is -0.363. The molecule has 32 heavy (non-hydrogen) atoms. The second-order valence-corrected chi connectivity index (χ2v) is 7.08. The van der Waals surface area contributed by atoms with Gasteiger partial charge in [-0.3, -0.25) is 9.59 Å². The number of benzene rings is 3. The zero-order chi connectivity index (χ0) is 22.3. The zero-order valence-electron chi connectivity index (χ0n) is 17.2. The SMILES string of the molecule is O=C(COC(=O)c1ccccc1NC(=O)c1ccccc1)c1ccc2c(c1)OCCCO2. The number of fused-ring (bicyclic) bond motifs is 1. The summed E-state index contributed by atoms with van der Waals surface area (Å²) >= 11 is 0. The number of anilines is 1. The predicted octanol–water partition coefficient (Wildman–Crippen LogP) is 4.14. The Morgan fingerprint density at radius 1 is 0.812 bits per heavy atom. The summed E-state index contributed by atoms with van der Waals surface area (Å²) < 4.78 is 16.4. The Morgan fingerprint density at radius 2 is 1.53 bits per heavy atom. The summed E-state index contributed by atoms with van der Waals surface area (Å²) in [7, 11) is 0. The number of rotatable bonds is 6. The molecule has 4 rings (SSSR count). The van der Waals surface area contributed by atoms with Gasteiger partial charge < -0.3 is 19.5 Å². The smallest absolute Gasteiger partial charge is 0.340 e. The average Bonchev–Trinajstić information content (AvgIpc) is 3.08. The highest BCUT2D eigenvalue weighted by Gasteiger charge is 2.18. The maximum atomic E-state index is 12.6. The molecule has 7 heteroatoms. The van der Waals surface area contributed by atoms with E-state index in [0.29, 0.717) is 41.5 Å². The number of hydrogen-bond acceptors (Lipinski definition) is 6. The number of carbonyl (C=O) groups is 3. The van der Waals surface area contributed by atoms with Crippen molar-refractivity contribution < 1.29 is 28.6 Å². The van der Waals surface area contributed by atoms with Crippen LogP contribution in [0.25, 0.3) is 0 Å². The van der Waals surface area contributed by atoms with E-state index in [1.54, 1.807) is 60.7 Å². The van der Waals surface area contributed by atoms with E-state index in [9.17, 15) is 14.4 Å². The Labute approximate surface area is 184 Å². The molecule has 0 aliphatic carbocycles. The molecule has 0 aromatic heterocycles. The van der Waals surface area contributed by atoms with Crippen LogP contribution in [0.15, 0.2) is 72.8 Å². The van der Waals surface area contributed by atoms with E-state index in [1.807, 2.05) is 6.07 Å². The second kappa shape index (κ2) is 9.78. The first-order chi connectivity index (χ1) is 15.6. The highest BCUT2D eigenvalue weighted by molar-refractivity contribution is 6.08. The van der Waals surface area contributed by atoms with E-state index in [4.69, 9.17) is 14.2 Å². The molecule has 0 saturated heterocycles. The first-order valence-electron chi connectivity index (χ1n) is 10.2.